The molecule has 3 aromatic rings. The first-order valence-corrected chi connectivity index (χ1v) is 7.72. The fourth-order valence-electron chi connectivity index (χ4n) is 2.19. The zero-order valence-electron chi connectivity index (χ0n) is 11.5. The maximum atomic E-state index is 12.1. The summed E-state index contributed by atoms with van der Waals surface area (Å²) < 4.78 is 0. The van der Waals surface area contributed by atoms with Gasteiger partial charge in [-0.05, 0) is 45.6 Å². The Kier molecular flexibility index (Phi) is 4.12. The Hall–Kier alpha value is -2.39. The van der Waals surface area contributed by atoms with Gasteiger partial charge in [0, 0.05) is 5.69 Å². The SMILES string of the molecule is O=C(Cc1ccccc1)Nc1cccc(-c2ccsc2)c1. The number of amides is 1. The van der Waals surface area contributed by atoms with E-state index in [1.165, 1.54) is 5.56 Å². The number of nitrogens with one attached hydrogen (secondary N) is 1. The van der Waals surface area contributed by atoms with E-state index in [-0.39, 0.29) is 5.91 Å². The summed E-state index contributed by atoms with van der Waals surface area (Å²) in [6.07, 6.45) is 0.392. The molecule has 0 saturated heterocycles. The first kappa shape index (κ1) is 13.6. The van der Waals surface area contributed by atoms with Gasteiger partial charge in [-0.25, -0.2) is 0 Å². The molecule has 0 atom stereocenters. The molecular formula is C18H15NOS. The molecule has 1 amide bonds. The first-order valence-electron chi connectivity index (χ1n) is 6.78. The second-order valence-electron chi connectivity index (χ2n) is 4.80. The molecule has 1 aromatic heterocycles. The van der Waals surface area contributed by atoms with Crippen LogP contribution in [0.15, 0.2) is 71.4 Å². The van der Waals surface area contributed by atoms with E-state index in [2.05, 4.69) is 28.2 Å². The summed E-state index contributed by atoms with van der Waals surface area (Å²) in [5.41, 5.74) is 4.15. The molecule has 2 nitrogen and oxygen atoms in total. The zero-order valence-corrected chi connectivity index (χ0v) is 12.3. The molecule has 0 fully saturated rings. The lowest BCUT2D eigenvalue weighted by Gasteiger charge is -2.07. The average Bonchev–Trinajstić information content (AvgIpc) is 3.02. The van der Waals surface area contributed by atoms with Crippen molar-refractivity contribution >= 4 is 22.9 Å². The van der Waals surface area contributed by atoms with E-state index in [1.54, 1.807) is 11.3 Å². The fourth-order valence-corrected chi connectivity index (χ4v) is 2.86. The molecule has 3 heteroatoms. The van der Waals surface area contributed by atoms with Crippen LogP contribution in [0.5, 0.6) is 0 Å². The number of hydrogen-bond acceptors (Lipinski definition) is 2. The highest BCUT2D eigenvalue weighted by atomic mass is 32.1. The van der Waals surface area contributed by atoms with Crippen LogP contribution >= 0.6 is 11.3 Å². The van der Waals surface area contributed by atoms with Crippen LogP contribution in [0.1, 0.15) is 5.56 Å². The Morgan fingerprint density at radius 2 is 1.81 bits per heavy atom. The number of carbonyl (C=O) groups is 1. The number of hydrogen-bond donors (Lipinski definition) is 1. The van der Waals surface area contributed by atoms with Crippen molar-refractivity contribution < 1.29 is 4.79 Å². The molecule has 3 rings (SSSR count). The molecular weight excluding hydrogens is 278 g/mol. The van der Waals surface area contributed by atoms with Gasteiger partial charge >= 0.3 is 0 Å². The summed E-state index contributed by atoms with van der Waals surface area (Å²) in [4.78, 5) is 12.1. The van der Waals surface area contributed by atoms with Gasteiger partial charge in [0.05, 0.1) is 6.42 Å². The number of carbonyl (C=O) groups excluding carboxylic acids is 1. The fraction of sp³-hybridized carbons (Fsp3) is 0.0556. The van der Waals surface area contributed by atoms with Crippen molar-refractivity contribution in [3.05, 3.63) is 77.0 Å². The second-order valence-corrected chi connectivity index (χ2v) is 5.58. The molecule has 1 heterocycles. The monoisotopic (exact) mass is 293 g/mol. The van der Waals surface area contributed by atoms with Crippen LogP contribution in [0.25, 0.3) is 11.1 Å². The molecule has 0 aliphatic heterocycles. The third-order valence-corrected chi connectivity index (χ3v) is 3.89. The molecule has 21 heavy (non-hydrogen) atoms. The molecule has 0 unspecified atom stereocenters. The highest BCUT2D eigenvalue weighted by molar-refractivity contribution is 7.08. The molecule has 104 valence electrons. The largest absolute Gasteiger partial charge is 0.326 e. The Morgan fingerprint density at radius 3 is 2.57 bits per heavy atom. The highest BCUT2D eigenvalue weighted by Gasteiger charge is 2.05. The van der Waals surface area contributed by atoms with E-state index < -0.39 is 0 Å². The van der Waals surface area contributed by atoms with Gasteiger partial charge < -0.3 is 5.32 Å². The van der Waals surface area contributed by atoms with Crippen molar-refractivity contribution in [1.29, 1.82) is 0 Å². The Labute approximate surface area is 128 Å². The van der Waals surface area contributed by atoms with Crippen molar-refractivity contribution in [2.45, 2.75) is 6.42 Å². The molecule has 0 aliphatic rings. The lowest BCUT2D eigenvalue weighted by Crippen LogP contribution is -2.14. The van der Waals surface area contributed by atoms with Gasteiger partial charge in [-0.3, -0.25) is 4.79 Å². The first-order chi connectivity index (χ1) is 10.3. The maximum Gasteiger partial charge on any atom is 0.228 e. The maximum absolute atomic E-state index is 12.1. The third kappa shape index (κ3) is 3.58. The van der Waals surface area contributed by atoms with Gasteiger partial charge in [0.25, 0.3) is 0 Å². The van der Waals surface area contributed by atoms with E-state index in [9.17, 15) is 4.79 Å². The van der Waals surface area contributed by atoms with Gasteiger partial charge in [-0.2, -0.15) is 11.3 Å². The Morgan fingerprint density at radius 1 is 0.952 bits per heavy atom. The van der Waals surface area contributed by atoms with Gasteiger partial charge in [-0.1, -0.05) is 42.5 Å². The normalized spacial score (nSPS) is 10.3. The predicted molar refractivity (Wildman–Crippen MR) is 88.5 cm³/mol. The minimum Gasteiger partial charge on any atom is -0.326 e. The Balaban J connectivity index is 1.70. The average molecular weight is 293 g/mol. The van der Waals surface area contributed by atoms with Gasteiger partial charge in [0.2, 0.25) is 5.91 Å². The van der Waals surface area contributed by atoms with Crippen LogP contribution in [0.3, 0.4) is 0 Å². The third-order valence-electron chi connectivity index (χ3n) is 3.21. The van der Waals surface area contributed by atoms with Gasteiger partial charge in [0.15, 0.2) is 0 Å². The zero-order chi connectivity index (χ0) is 14.5. The van der Waals surface area contributed by atoms with E-state index in [0.29, 0.717) is 6.42 Å². The minimum atomic E-state index is 0.00340. The van der Waals surface area contributed by atoms with Gasteiger partial charge in [0.1, 0.15) is 0 Å². The van der Waals surface area contributed by atoms with Crippen LogP contribution in [0.4, 0.5) is 5.69 Å². The number of anilines is 1. The van der Waals surface area contributed by atoms with E-state index in [4.69, 9.17) is 0 Å². The summed E-state index contributed by atoms with van der Waals surface area (Å²) in [6.45, 7) is 0. The van der Waals surface area contributed by atoms with E-state index >= 15 is 0 Å². The molecule has 2 aromatic carbocycles. The van der Waals surface area contributed by atoms with E-state index in [1.807, 2.05) is 48.5 Å². The minimum absolute atomic E-state index is 0.00340. The summed E-state index contributed by atoms with van der Waals surface area (Å²) in [5, 5.41) is 7.11. The van der Waals surface area contributed by atoms with Crippen molar-refractivity contribution in [3.63, 3.8) is 0 Å². The standard InChI is InChI=1S/C18H15NOS/c20-18(11-14-5-2-1-3-6-14)19-17-8-4-7-15(12-17)16-9-10-21-13-16/h1-10,12-13H,11H2,(H,19,20). The van der Waals surface area contributed by atoms with Crippen molar-refractivity contribution in [1.82, 2.24) is 0 Å². The summed E-state index contributed by atoms with van der Waals surface area (Å²) >= 11 is 1.67. The number of benzene rings is 2. The van der Waals surface area contributed by atoms with Crippen molar-refractivity contribution in [2.75, 3.05) is 5.32 Å². The molecule has 0 bridgehead atoms. The molecule has 0 radical (unpaired) electrons. The summed E-state index contributed by atoms with van der Waals surface area (Å²) in [5.74, 6) is 0.00340. The van der Waals surface area contributed by atoms with Crippen LogP contribution in [0.2, 0.25) is 0 Å². The molecule has 0 spiro atoms. The molecule has 1 N–H and O–H groups in total. The van der Waals surface area contributed by atoms with Crippen molar-refractivity contribution in [2.24, 2.45) is 0 Å². The highest BCUT2D eigenvalue weighted by Crippen LogP contribution is 2.24. The van der Waals surface area contributed by atoms with Crippen LogP contribution in [-0.2, 0) is 11.2 Å². The topological polar surface area (TPSA) is 29.1 Å². The number of rotatable bonds is 4. The van der Waals surface area contributed by atoms with Crippen LogP contribution in [-0.4, -0.2) is 5.91 Å². The predicted octanol–water partition coefficient (Wildman–Crippen LogP) is 4.60. The number of thiophene rings is 1. The lowest BCUT2D eigenvalue weighted by molar-refractivity contribution is -0.115. The van der Waals surface area contributed by atoms with E-state index in [0.717, 1.165) is 16.8 Å². The summed E-state index contributed by atoms with van der Waals surface area (Å²) in [6, 6.07) is 19.8. The van der Waals surface area contributed by atoms with Gasteiger partial charge in [-0.15, -0.1) is 0 Å². The molecule has 0 saturated carbocycles. The summed E-state index contributed by atoms with van der Waals surface area (Å²) in [7, 11) is 0. The molecule has 0 aliphatic carbocycles. The van der Waals surface area contributed by atoms with Crippen molar-refractivity contribution in [3.8, 4) is 11.1 Å². The van der Waals surface area contributed by atoms with Crippen LogP contribution in [0, 0.1) is 0 Å². The second kappa shape index (κ2) is 6.37. The van der Waals surface area contributed by atoms with Crippen LogP contribution < -0.4 is 5.32 Å². The Bertz CT molecular complexity index is 720. The quantitative estimate of drug-likeness (QED) is 0.748. The lowest BCUT2D eigenvalue weighted by atomic mass is 10.1. The smallest absolute Gasteiger partial charge is 0.228 e.